The molecular formula is C27H28N4O2. The second-order valence-corrected chi connectivity index (χ2v) is 8.42. The SMILES string of the molecule is Cc1ccc(Cn2cncc2CCNC(=O)c2ccc(-n3ccc(C)cc3=O)cc2C)cc1. The van der Waals surface area contributed by atoms with E-state index in [4.69, 9.17) is 0 Å². The Morgan fingerprint density at radius 3 is 2.48 bits per heavy atom. The van der Waals surface area contributed by atoms with Crippen molar-refractivity contribution in [2.24, 2.45) is 0 Å². The molecule has 0 saturated carbocycles. The minimum absolute atomic E-state index is 0.0890. The van der Waals surface area contributed by atoms with Gasteiger partial charge >= 0.3 is 0 Å². The molecule has 4 rings (SSSR count). The molecular weight excluding hydrogens is 412 g/mol. The highest BCUT2D eigenvalue weighted by atomic mass is 16.1. The van der Waals surface area contributed by atoms with E-state index in [1.165, 1.54) is 11.1 Å². The molecule has 0 aliphatic carbocycles. The zero-order chi connectivity index (χ0) is 23.4. The molecule has 2 aromatic carbocycles. The van der Waals surface area contributed by atoms with Gasteiger partial charge in [0.05, 0.1) is 6.33 Å². The summed E-state index contributed by atoms with van der Waals surface area (Å²) in [5.74, 6) is -0.125. The van der Waals surface area contributed by atoms with Crippen LogP contribution in [0.1, 0.15) is 38.3 Å². The maximum atomic E-state index is 12.8. The van der Waals surface area contributed by atoms with Crippen molar-refractivity contribution in [2.45, 2.75) is 33.7 Å². The molecule has 168 valence electrons. The number of carbonyl (C=O) groups excluding carboxylic acids is 1. The Morgan fingerprint density at radius 2 is 1.76 bits per heavy atom. The fourth-order valence-electron chi connectivity index (χ4n) is 3.83. The average molecular weight is 441 g/mol. The van der Waals surface area contributed by atoms with E-state index < -0.39 is 0 Å². The van der Waals surface area contributed by atoms with E-state index in [9.17, 15) is 9.59 Å². The van der Waals surface area contributed by atoms with Gasteiger partial charge in [0.25, 0.3) is 11.5 Å². The Labute approximate surface area is 193 Å². The topological polar surface area (TPSA) is 68.9 Å². The van der Waals surface area contributed by atoms with Crippen LogP contribution in [-0.4, -0.2) is 26.6 Å². The minimum Gasteiger partial charge on any atom is -0.352 e. The van der Waals surface area contributed by atoms with E-state index >= 15 is 0 Å². The van der Waals surface area contributed by atoms with Crippen LogP contribution >= 0.6 is 0 Å². The van der Waals surface area contributed by atoms with Crippen LogP contribution in [0.2, 0.25) is 0 Å². The van der Waals surface area contributed by atoms with Crippen LogP contribution < -0.4 is 10.9 Å². The van der Waals surface area contributed by atoms with Gasteiger partial charge in [-0.1, -0.05) is 29.8 Å². The van der Waals surface area contributed by atoms with Gasteiger partial charge in [-0.15, -0.1) is 0 Å². The second-order valence-electron chi connectivity index (χ2n) is 8.42. The van der Waals surface area contributed by atoms with Gasteiger partial charge in [-0.3, -0.25) is 14.2 Å². The molecule has 0 radical (unpaired) electrons. The smallest absolute Gasteiger partial charge is 0.255 e. The molecule has 0 unspecified atom stereocenters. The lowest BCUT2D eigenvalue weighted by molar-refractivity contribution is 0.0953. The molecule has 2 heterocycles. The van der Waals surface area contributed by atoms with Crippen molar-refractivity contribution in [3.05, 3.63) is 117 Å². The summed E-state index contributed by atoms with van der Waals surface area (Å²) in [5, 5.41) is 3.01. The van der Waals surface area contributed by atoms with Crippen LogP contribution in [-0.2, 0) is 13.0 Å². The second kappa shape index (κ2) is 9.69. The minimum atomic E-state index is -0.125. The van der Waals surface area contributed by atoms with Crippen molar-refractivity contribution in [2.75, 3.05) is 6.54 Å². The summed E-state index contributed by atoms with van der Waals surface area (Å²) in [6.45, 7) is 7.11. The van der Waals surface area contributed by atoms with E-state index in [-0.39, 0.29) is 11.5 Å². The Balaban J connectivity index is 1.38. The van der Waals surface area contributed by atoms with Crippen LogP contribution in [0.4, 0.5) is 0 Å². The molecule has 0 spiro atoms. The summed E-state index contributed by atoms with van der Waals surface area (Å²) in [6.07, 6.45) is 6.12. The van der Waals surface area contributed by atoms with Gasteiger partial charge in [-0.2, -0.15) is 0 Å². The summed E-state index contributed by atoms with van der Waals surface area (Å²) < 4.78 is 3.69. The third kappa shape index (κ3) is 5.29. The molecule has 6 heteroatoms. The molecule has 33 heavy (non-hydrogen) atoms. The number of amides is 1. The van der Waals surface area contributed by atoms with E-state index in [0.29, 0.717) is 18.5 Å². The molecule has 6 nitrogen and oxygen atoms in total. The number of aromatic nitrogens is 3. The van der Waals surface area contributed by atoms with Crippen molar-refractivity contribution < 1.29 is 4.79 Å². The number of hydrogen-bond acceptors (Lipinski definition) is 3. The number of nitrogens with zero attached hydrogens (tertiary/aromatic N) is 3. The molecule has 2 aromatic heterocycles. The van der Waals surface area contributed by atoms with E-state index in [1.807, 2.05) is 38.5 Å². The Kier molecular flexibility index (Phi) is 6.54. The van der Waals surface area contributed by atoms with Gasteiger partial charge in [0.1, 0.15) is 0 Å². The number of hydrogen-bond donors (Lipinski definition) is 1. The van der Waals surface area contributed by atoms with Gasteiger partial charge in [0, 0.05) is 54.9 Å². The molecule has 1 amide bonds. The van der Waals surface area contributed by atoms with Crippen molar-refractivity contribution in [1.29, 1.82) is 0 Å². The standard InChI is InChI=1S/C27H28N4O2/c1-19-4-6-22(7-5-19)17-30-18-28-16-24(30)10-12-29-27(33)25-9-8-23(15-21(25)3)31-13-11-20(2)14-26(31)32/h4-9,11,13-16,18H,10,12,17H2,1-3H3,(H,29,33). The Morgan fingerprint density at radius 1 is 0.970 bits per heavy atom. The largest absolute Gasteiger partial charge is 0.352 e. The summed E-state index contributed by atoms with van der Waals surface area (Å²) in [7, 11) is 0. The van der Waals surface area contributed by atoms with Crippen LogP contribution in [0.15, 0.2) is 78.1 Å². The fraction of sp³-hybridized carbons (Fsp3) is 0.222. The number of pyridine rings is 1. The zero-order valence-electron chi connectivity index (χ0n) is 19.2. The lowest BCUT2D eigenvalue weighted by Crippen LogP contribution is -2.27. The summed E-state index contributed by atoms with van der Waals surface area (Å²) in [5.41, 5.74) is 6.52. The van der Waals surface area contributed by atoms with E-state index in [1.54, 1.807) is 29.0 Å². The number of carbonyl (C=O) groups is 1. The van der Waals surface area contributed by atoms with E-state index in [0.717, 1.165) is 29.1 Å². The van der Waals surface area contributed by atoms with Crippen molar-refractivity contribution in [1.82, 2.24) is 19.4 Å². The highest BCUT2D eigenvalue weighted by molar-refractivity contribution is 5.95. The zero-order valence-corrected chi connectivity index (χ0v) is 19.2. The number of rotatable bonds is 7. The van der Waals surface area contributed by atoms with Crippen LogP contribution in [0.25, 0.3) is 5.69 Å². The molecule has 1 N–H and O–H groups in total. The highest BCUT2D eigenvalue weighted by Crippen LogP contribution is 2.14. The van der Waals surface area contributed by atoms with Crippen molar-refractivity contribution in [3.8, 4) is 5.69 Å². The predicted molar refractivity (Wildman–Crippen MR) is 130 cm³/mol. The molecule has 0 atom stereocenters. The molecule has 0 aliphatic heterocycles. The van der Waals surface area contributed by atoms with Crippen molar-refractivity contribution in [3.63, 3.8) is 0 Å². The first kappa shape index (κ1) is 22.3. The van der Waals surface area contributed by atoms with E-state index in [2.05, 4.69) is 46.1 Å². The van der Waals surface area contributed by atoms with Crippen LogP contribution in [0, 0.1) is 20.8 Å². The maximum Gasteiger partial charge on any atom is 0.255 e. The normalized spacial score (nSPS) is 10.9. The van der Waals surface area contributed by atoms with Gasteiger partial charge in [-0.05, 0) is 61.7 Å². The molecule has 0 aliphatic rings. The first-order valence-electron chi connectivity index (χ1n) is 11.0. The van der Waals surface area contributed by atoms with Crippen molar-refractivity contribution >= 4 is 5.91 Å². The maximum absolute atomic E-state index is 12.8. The number of nitrogens with one attached hydrogen (secondary N) is 1. The third-order valence-corrected chi connectivity index (χ3v) is 5.75. The predicted octanol–water partition coefficient (Wildman–Crippen LogP) is 3.98. The van der Waals surface area contributed by atoms with Gasteiger partial charge in [0.15, 0.2) is 0 Å². The lowest BCUT2D eigenvalue weighted by atomic mass is 10.1. The Bertz CT molecular complexity index is 1330. The van der Waals surface area contributed by atoms with Gasteiger partial charge in [0.2, 0.25) is 0 Å². The van der Waals surface area contributed by atoms with Crippen LogP contribution in [0.5, 0.6) is 0 Å². The average Bonchev–Trinajstić information content (AvgIpc) is 3.22. The lowest BCUT2D eigenvalue weighted by Gasteiger charge is -2.12. The quantitative estimate of drug-likeness (QED) is 0.473. The molecule has 0 bridgehead atoms. The third-order valence-electron chi connectivity index (χ3n) is 5.75. The summed E-state index contributed by atoms with van der Waals surface area (Å²) in [4.78, 5) is 29.3. The summed E-state index contributed by atoms with van der Waals surface area (Å²) >= 11 is 0. The highest BCUT2D eigenvalue weighted by Gasteiger charge is 2.11. The van der Waals surface area contributed by atoms with Gasteiger partial charge < -0.3 is 9.88 Å². The number of benzene rings is 2. The number of aryl methyl sites for hydroxylation is 3. The Hall–Kier alpha value is -3.93. The first-order valence-corrected chi connectivity index (χ1v) is 11.0. The summed E-state index contributed by atoms with van der Waals surface area (Å²) in [6, 6.07) is 17.4. The molecule has 0 fully saturated rings. The fourth-order valence-corrected chi connectivity index (χ4v) is 3.83. The van der Waals surface area contributed by atoms with Crippen LogP contribution in [0.3, 0.4) is 0 Å². The number of imidazole rings is 1. The van der Waals surface area contributed by atoms with Gasteiger partial charge in [-0.25, -0.2) is 4.98 Å². The monoisotopic (exact) mass is 440 g/mol. The molecule has 0 saturated heterocycles. The first-order chi connectivity index (χ1) is 15.9. The molecule has 4 aromatic rings.